The number of nitrogens with one attached hydrogen (secondary N) is 1. The molecule has 1 aromatic heterocycles. The number of methoxy groups -OCH3 is 1. The van der Waals surface area contributed by atoms with E-state index in [1.807, 2.05) is 32.5 Å². The molecule has 0 aliphatic heterocycles. The van der Waals surface area contributed by atoms with Crippen LogP contribution in [0, 0.1) is 0 Å². The molecule has 1 atom stereocenters. The molecule has 5 nitrogen and oxygen atoms in total. The largest absolute Gasteiger partial charge is 0.383 e. The third kappa shape index (κ3) is 3.92. The Morgan fingerprint density at radius 1 is 1.53 bits per heavy atom. The molecule has 110 valence electrons. The Morgan fingerprint density at radius 3 is 2.74 bits per heavy atom. The van der Waals surface area contributed by atoms with E-state index in [1.165, 1.54) is 0 Å². The quantitative estimate of drug-likeness (QED) is 0.797. The summed E-state index contributed by atoms with van der Waals surface area (Å²) in [4.78, 5) is 0. The zero-order chi connectivity index (χ0) is 14.5. The summed E-state index contributed by atoms with van der Waals surface area (Å²) in [5.74, 6) is 0. The van der Waals surface area contributed by atoms with Gasteiger partial charge >= 0.3 is 0 Å². The fraction of sp³-hybridized carbons (Fsp3) is 0.769. The Bertz CT molecular complexity index is 393. The van der Waals surface area contributed by atoms with Crippen LogP contribution in [0.3, 0.4) is 0 Å². The molecule has 0 spiro atoms. The minimum atomic E-state index is -0.377. The summed E-state index contributed by atoms with van der Waals surface area (Å²) in [5.41, 5.74) is 0.553. The molecular formula is C13H24ClN3O2. The van der Waals surface area contributed by atoms with Crippen molar-refractivity contribution in [3.63, 3.8) is 0 Å². The van der Waals surface area contributed by atoms with Crippen molar-refractivity contribution in [2.45, 2.75) is 39.0 Å². The predicted octanol–water partition coefficient (Wildman–Crippen LogP) is 2.26. The Kier molecular flexibility index (Phi) is 6.26. The zero-order valence-corrected chi connectivity index (χ0v) is 13.1. The fourth-order valence-corrected chi connectivity index (χ4v) is 2.53. The van der Waals surface area contributed by atoms with Crippen LogP contribution in [-0.2, 0) is 16.0 Å². The van der Waals surface area contributed by atoms with E-state index in [-0.39, 0.29) is 11.6 Å². The van der Waals surface area contributed by atoms with Crippen molar-refractivity contribution < 1.29 is 9.47 Å². The normalized spacial score (nSPS) is 13.8. The number of ether oxygens (including phenoxy) is 2. The van der Waals surface area contributed by atoms with Crippen LogP contribution in [0.4, 0.5) is 0 Å². The van der Waals surface area contributed by atoms with Crippen LogP contribution in [0.1, 0.15) is 32.5 Å². The van der Waals surface area contributed by atoms with E-state index in [4.69, 9.17) is 21.1 Å². The molecule has 1 N–H and O–H groups in total. The van der Waals surface area contributed by atoms with Gasteiger partial charge in [-0.3, -0.25) is 4.68 Å². The van der Waals surface area contributed by atoms with Crippen molar-refractivity contribution in [3.8, 4) is 0 Å². The number of nitrogens with zero attached hydrogens (tertiary/aromatic N) is 2. The number of aromatic nitrogens is 2. The second kappa shape index (κ2) is 7.24. The van der Waals surface area contributed by atoms with Gasteiger partial charge in [-0.05, 0) is 27.8 Å². The monoisotopic (exact) mass is 289 g/mol. The summed E-state index contributed by atoms with van der Waals surface area (Å²) in [7, 11) is 3.57. The predicted molar refractivity (Wildman–Crippen MR) is 76.6 cm³/mol. The number of halogens is 1. The Labute approximate surface area is 120 Å². The van der Waals surface area contributed by atoms with Gasteiger partial charge in [-0.15, -0.1) is 0 Å². The zero-order valence-electron chi connectivity index (χ0n) is 12.4. The standard InChI is InChI=1S/C13H24ClN3O2/c1-6-19-13(2,3)12(15-4)11-10(14)9-16-17(11)7-8-18-5/h9,12,15H,6-8H2,1-5H3. The lowest BCUT2D eigenvalue weighted by Crippen LogP contribution is -2.41. The molecule has 1 rings (SSSR count). The third-order valence-electron chi connectivity index (χ3n) is 3.11. The van der Waals surface area contributed by atoms with Gasteiger partial charge in [0, 0.05) is 13.7 Å². The van der Waals surface area contributed by atoms with E-state index in [1.54, 1.807) is 13.3 Å². The number of likely N-dealkylation sites (N-methyl/N-ethyl adjacent to an activating group) is 1. The third-order valence-corrected chi connectivity index (χ3v) is 3.41. The van der Waals surface area contributed by atoms with E-state index < -0.39 is 0 Å². The number of hydrogen-bond donors (Lipinski definition) is 1. The fourth-order valence-electron chi connectivity index (χ4n) is 2.28. The highest BCUT2D eigenvalue weighted by atomic mass is 35.5. The summed E-state index contributed by atoms with van der Waals surface area (Å²) in [5, 5.41) is 8.22. The Balaban J connectivity index is 3.06. The molecule has 0 aliphatic carbocycles. The van der Waals surface area contributed by atoms with Gasteiger partial charge in [0.05, 0.1) is 41.7 Å². The maximum atomic E-state index is 6.28. The Morgan fingerprint density at radius 2 is 2.21 bits per heavy atom. The summed E-state index contributed by atoms with van der Waals surface area (Å²) in [6.45, 7) is 7.98. The summed E-state index contributed by atoms with van der Waals surface area (Å²) < 4.78 is 12.8. The van der Waals surface area contributed by atoms with Gasteiger partial charge < -0.3 is 14.8 Å². The van der Waals surface area contributed by atoms with Crippen LogP contribution >= 0.6 is 11.6 Å². The second-order valence-electron chi connectivity index (χ2n) is 4.85. The molecule has 0 aromatic carbocycles. The first kappa shape index (κ1) is 16.4. The van der Waals surface area contributed by atoms with Crippen LogP contribution in [-0.4, -0.2) is 42.8 Å². The number of rotatable bonds is 8. The highest BCUT2D eigenvalue weighted by Gasteiger charge is 2.34. The van der Waals surface area contributed by atoms with Crippen molar-refractivity contribution in [2.75, 3.05) is 27.4 Å². The Hall–Kier alpha value is -0.620. The summed E-state index contributed by atoms with van der Waals surface area (Å²) in [6, 6.07) is -0.0423. The minimum Gasteiger partial charge on any atom is -0.383 e. The van der Waals surface area contributed by atoms with Crippen molar-refractivity contribution in [2.24, 2.45) is 0 Å². The molecule has 0 radical (unpaired) electrons. The van der Waals surface area contributed by atoms with Crippen molar-refractivity contribution in [1.29, 1.82) is 0 Å². The molecule has 0 aliphatic rings. The first-order chi connectivity index (χ1) is 8.97. The molecule has 0 bridgehead atoms. The lowest BCUT2D eigenvalue weighted by Gasteiger charge is -2.34. The van der Waals surface area contributed by atoms with Gasteiger partial charge in [0.25, 0.3) is 0 Å². The average Bonchev–Trinajstić information content (AvgIpc) is 2.69. The molecule has 0 amide bonds. The molecule has 1 heterocycles. The molecule has 0 saturated heterocycles. The topological polar surface area (TPSA) is 48.3 Å². The van der Waals surface area contributed by atoms with E-state index in [0.29, 0.717) is 24.8 Å². The average molecular weight is 290 g/mol. The molecule has 0 saturated carbocycles. The van der Waals surface area contributed by atoms with Gasteiger partial charge in [-0.2, -0.15) is 5.10 Å². The van der Waals surface area contributed by atoms with E-state index in [0.717, 1.165) is 5.69 Å². The van der Waals surface area contributed by atoms with Gasteiger partial charge in [0.15, 0.2) is 0 Å². The summed E-state index contributed by atoms with van der Waals surface area (Å²) >= 11 is 6.28. The maximum absolute atomic E-state index is 6.28. The van der Waals surface area contributed by atoms with Crippen molar-refractivity contribution >= 4 is 11.6 Å². The molecular weight excluding hydrogens is 266 g/mol. The van der Waals surface area contributed by atoms with Crippen LogP contribution in [0.5, 0.6) is 0 Å². The second-order valence-corrected chi connectivity index (χ2v) is 5.26. The van der Waals surface area contributed by atoms with E-state index >= 15 is 0 Å². The minimum absolute atomic E-state index is 0.0423. The molecule has 6 heteroatoms. The van der Waals surface area contributed by atoms with Crippen LogP contribution < -0.4 is 5.32 Å². The smallest absolute Gasteiger partial charge is 0.0835 e. The van der Waals surface area contributed by atoms with E-state index in [9.17, 15) is 0 Å². The van der Waals surface area contributed by atoms with Gasteiger partial charge in [0.2, 0.25) is 0 Å². The van der Waals surface area contributed by atoms with Crippen molar-refractivity contribution in [1.82, 2.24) is 15.1 Å². The molecule has 1 unspecified atom stereocenters. The number of hydrogen-bond acceptors (Lipinski definition) is 4. The van der Waals surface area contributed by atoms with Crippen molar-refractivity contribution in [3.05, 3.63) is 16.9 Å². The van der Waals surface area contributed by atoms with Crippen LogP contribution in [0.15, 0.2) is 6.20 Å². The molecule has 19 heavy (non-hydrogen) atoms. The molecule has 0 fully saturated rings. The lowest BCUT2D eigenvalue weighted by atomic mass is 9.95. The van der Waals surface area contributed by atoms with Gasteiger partial charge in [0.1, 0.15) is 0 Å². The lowest BCUT2D eigenvalue weighted by molar-refractivity contribution is -0.0396. The summed E-state index contributed by atoms with van der Waals surface area (Å²) in [6.07, 6.45) is 1.67. The van der Waals surface area contributed by atoms with Crippen LogP contribution in [0.25, 0.3) is 0 Å². The first-order valence-electron chi connectivity index (χ1n) is 6.49. The van der Waals surface area contributed by atoms with E-state index in [2.05, 4.69) is 10.4 Å². The maximum Gasteiger partial charge on any atom is 0.0835 e. The highest BCUT2D eigenvalue weighted by Crippen LogP contribution is 2.32. The SMILES string of the molecule is CCOC(C)(C)C(NC)c1c(Cl)cnn1CCOC. The van der Waals surface area contributed by atoms with Gasteiger partial charge in [-0.25, -0.2) is 0 Å². The van der Waals surface area contributed by atoms with Crippen LogP contribution in [0.2, 0.25) is 5.02 Å². The van der Waals surface area contributed by atoms with Gasteiger partial charge in [-0.1, -0.05) is 11.6 Å². The molecule has 1 aromatic rings. The highest BCUT2D eigenvalue weighted by molar-refractivity contribution is 6.31. The first-order valence-corrected chi connectivity index (χ1v) is 6.87.